The van der Waals surface area contributed by atoms with Crippen LogP contribution in [0.15, 0.2) is 60.0 Å². The van der Waals surface area contributed by atoms with Crippen molar-refractivity contribution >= 4 is 23.2 Å². The Kier molecular flexibility index (Phi) is 6.65. The first kappa shape index (κ1) is 22.1. The summed E-state index contributed by atoms with van der Waals surface area (Å²) in [5.41, 5.74) is 2.15. The standard InChI is InChI=1S/C25H24F2N2O2S/c1-17-11-12-32-23(17)15-28(14-18-5-7-20(26)8-6-18)24(30)16-29(22-9-10-22)25(31)19-3-2-4-21(27)13-19/h2-8,11-13,22H,9-10,14-16H2,1H3. The predicted octanol–water partition coefficient (Wildman–Crippen LogP) is 5.17. The maximum Gasteiger partial charge on any atom is 0.254 e. The molecule has 2 aromatic carbocycles. The maximum atomic E-state index is 13.6. The van der Waals surface area contributed by atoms with E-state index in [0.717, 1.165) is 28.8 Å². The molecule has 0 unspecified atom stereocenters. The van der Waals surface area contributed by atoms with Gasteiger partial charge in [-0.3, -0.25) is 9.59 Å². The molecule has 0 saturated heterocycles. The Morgan fingerprint density at radius 3 is 2.38 bits per heavy atom. The highest BCUT2D eigenvalue weighted by Crippen LogP contribution is 2.29. The Balaban J connectivity index is 1.55. The Labute approximate surface area is 190 Å². The fourth-order valence-electron chi connectivity index (χ4n) is 3.57. The minimum atomic E-state index is -0.482. The molecule has 0 aliphatic heterocycles. The monoisotopic (exact) mass is 454 g/mol. The number of carbonyl (C=O) groups excluding carboxylic acids is 2. The molecule has 1 aromatic heterocycles. The summed E-state index contributed by atoms with van der Waals surface area (Å²) >= 11 is 1.57. The number of amides is 2. The molecule has 0 spiro atoms. The van der Waals surface area contributed by atoms with Crippen molar-refractivity contribution in [1.29, 1.82) is 0 Å². The summed E-state index contributed by atoms with van der Waals surface area (Å²) < 4.78 is 27.0. The third-order valence-electron chi connectivity index (χ3n) is 5.57. The molecule has 0 atom stereocenters. The molecule has 1 aliphatic rings. The number of halogens is 2. The SMILES string of the molecule is Cc1ccsc1CN(Cc1ccc(F)cc1)C(=O)CN(C(=O)c1cccc(F)c1)C1CC1. The van der Waals surface area contributed by atoms with Crippen LogP contribution in [0.2, 0.25) is 0 Å². The Hall–Kier alpha value is -3.06. The molecule has 1 fully saturated rings. The lowest BCUT2D eigenvalue weighted by Crippen LogP contribution is -2.43. The number of hydrogen-bond donors (Lipinski definition) is 0. The van der Waals surface area contributed by atoms with Crippen LogP contribution in [0.4, 0.5) is 8.78 Å². The fourth-order valence-corrected chi connectivity index (χ4v) is 4.49. The lowest BCUT2D eigenvalue weighted by atomic mass is 10.1. The molecule has 7 heteroatoms. The Morgan fingerprint density at radius 1 is 1.00 bits per heavy atom. The average Bonchev–Trinajstić information content (AvgIpc) is 3.54. The lowest BCUT2D eigenvalue weighted by molar-refractivity contribution is -0.133. The van der Waals surface area contributed by atoms with Crippen LogP contribution >= 0.6 is 11.3 Å². The van der Waals surface area contributed by atoms with E-state index in [-0.39, 0.29) is 35.8 Å². The number of aryl methyl sites for hydroxylation is 1. The zero-order valence-corrected chi connectivity index (χ0v) is 18.6. The van der Waals surface area contributed by atoms with Gasteiger partial charge in [-0.05, 0) is 72.7 Å². The van der Waals surface area contributed by atoms with Crippen molar-refractivity contribution in [3.8, 4) is 0 Å². The summed E-state index contributed by atoms with van der Waals surface area (Å²) in [6, 6.07) is 13.6. The molecule has 166 valence electrons. The van der Waals surface area contributed by atoms with Crippen LogP contribution < -0.4 is 0 Å². The molecule has 32 heavy (non-hydrogen) atoms. The molecule has 1 heterocycles. The van der Waals surface area contributed by atoms with Gasteiger partial charge in [0, 0.05) is 23.0 Å². The first-order valence-electron chi connectivity index (χ1n) is 10.5. The molecule has 1 saturated carbocycles. The van der Waals surface area contributed by atoms with E-state index in [9.17, 15) is 18.4 Å². The second kappa shape index (κ2) is 9.61. The first-order valence-corrected chi connectivity index (χ1v) is 11.4. The van der Waals surface area contributed by atoms with E-state index in [0.29, 0.717) is 13.1 Å². The van der Waals surface area contributed by atoms with Crippen LogP contribution in [-0.2, 0) is 17.9 Å². The van der Waals surface area contributed by atoms with E-state index in [1.807, 2.05) is 18.4 Å². The van der Waals surface area contributed by atoms with Gasteiger partial charge in [0.1, 0.15) is 18.2 Å². The van der Waals surface area contributed by atoms with Crippen molar-refractivity contribution < 1.29 is 18.4 Å². The summed E-state index contributed by atoms with van der Waals surface area (Å²) in [5, 5.41) is 1.98. The van der Waals surface area contributed by atoms with Gasteiger partial charge >= 0.3 is 0 Å². The second-order valence-electron chi connectivity index (χ2n) is 8.08. The van der Waals surface area contributed by atoms with Gasteiger partial charge in [0.15, 0.2) is 0 Å². The van der Waals surface area contributed by atoms with Gasteiger partial charge in [0.25, 0.3) is 5.91 Å². The first-order chi connectivity index (χ1) is 15.4. The summed E-state index contributed by atoms with van der Waals surface area (Å²) in [6.07, 6.45) is 1.66. The molecule has 4 nitrogen and oxygen atoms in total. The van der Waals surface area contributed by atoms with Crippen molar-refractivity contribution in [3.05, 3.63) is 93.2 Å². The number of hydrogen-bond acceptors (Lipinski definition) is 3. The Bertz CT molecular complexity index is 1110. The van der Waals surface area contributed by atoms with Crippen molar-refractivity contribution in [3.63, 3.8) is 0 Å². The summed E-state index contributed by atoms with van der Waals surface area (Å²) in [7, 11) is 0. The largest absolute Gasteiger partial charge is 0.332 e. The van der Waals surface area contributed by atoms with Gasteiger partial charge in [0.2, 0.25) is 5.91 Å². The third kappa shape index (κ3) is 5.40. The van der Waals surface area contributed by atoms with E-state index in [1.54, 1.807) is 39.3 Å². The molecule has 3 aromatic rings. The maximum absolute atomic E-state index is 13.6. The minimum Gasteiger partial charge on any atom is -0.332 e. The number of rotatable bonds is 8. The number of thiophene rings is 1. The van der Waals surface area contributed by atoms with Crippen LogP contribution in [0.25, 0.3) is 0 Å². The minimum absolute atomic E-state index is 0.00846. The molecule has 0 radical (unpaired) electrons. The smallest absolute Gasteiger partial charge is 0.254 e. The van der Waals surface area contributed by atoms with Gasteiger partial charge in [-0.1, -0.05) is 18.2 Å². The molecular formula is C25H24F2N2O2S. The van der Waals surface area contributed by atoms with Crippen molar-refractivity contribution in [2.75, 3.05) is 6.54 Å². The van der Waals surface area contributed by atoms with Crippen LogP contribution in [-0.4, -0.2) is 34.2 Å². The third-order valence-corrected chi connectivity index (χ3v) is 6.58. The fraction of sp³-hybridized carbons (Fsp3) is 0.280. The van der Waals surface area contributed by atoms with E-state index in [2.05, 4.69) is 0 Å². The topological polar surface area (TPSA) is 40.6 Å². The van der Waals surface area contributed by atoms with Crippen LogP contribution in [0, 0.1) is 18.6 Å². The molecular weight excluding hydrogens is 430 g/mol. The van der Waals surface area contributed by atoms with Gasteiger partial charge < -0.3 is 9.80 Å². The van der Waals surface area contributed by atoms with Gasteiger partial charge in [-0.2, -0.15) is 0 Å². The van der Waals surface area contributed by atoms with Crippen LogP contribution in [0.5, 0.6) is 0 Å². The van der Waals surface area contributed by atoms with E-state index in [1.165, 1.54) is 30.3 Å². The van der Waals surface area contributed by atoms with Gasteiger partial charge in [0.05, 0.1) is 6.54 Å². The van der Waals surface area contributed by atoms with E-state index in [4.69, 9.17) is 0 Å². The predicted molar refractivity (Wildman–Crippen MR) is 120 cm³/mol. The molecule has 1 aliphatic carbocycles. The highest BCUT2D eigenvalue weighted by Gasteiger charge is 2.35. The highest BCUT2D eigenvalue weighted by molar-refractivity contribution is 7.10. The van der Waals surface area contributed by atoms with E-state index < -0.39 is 5.82 Å². The summed E-state index contributed by atoms with van der Waals surface area (Å²) in [4.78, 5) is 30.7. The zero-order chi connectivity index (χ0) is 22.7. The van der Waals surface area contributed by atoms with Crippen LogP contribution in [0.1, 0.15) is 39.2 Å². The van der Waals surface area contributed by atoms with E-state index >= 15 is 0 Å². The second-order valence-corrected chi connectivity index (χ2v) is 9.08. The van der Waals surface area contributed by atoms with Crippen molar-refractivity contribution in [2.45, 2.75) is 38.9 Å². The quantitative estimate of drug-likeness (QED) is 0.471. The van der Waals surface area contributed by atoms with Crippen molar-refractivity contribution in [2.24, 2.45) is 0 Å². The van der Waals surface area contributed by atoms with Crippen molar-refractivity contribution in [1.82, 2.24) is 9.80 Å². The molecule has 4 rings (SSSR count). The molecule has 0 N–H and O–H groups in total. The van der Waals surface area contributed by atoms with Gasteiger partial charge in [-0.15, -0.1) is 11.3 Å². The zero-order valence-electron chi connectivity index (χ0n) is 17.8. The molecule has 0 bridgehead atoms. The van der Waals surface area contributed by atoms with Gasteiger partial charge in [-0.25, -0.2) is 8.78 Å². The van der Waals surface area contributed by atoms with Crippen LogP contribution in [0.3, 0.4) is 0 Å². The number of carbonyl (C=O) groups is 2. The highest BCUT2D eigenvalue weighted by atomic mass is 32.1. The lowest BCUT2D eigenvalue weighted by Gasteiger charge is -2.28. The normalized spacial score (nSPS) is 13.1. The average molecular weight is 455 g/mol. The number of nitrogens with zero attached hydrogens (tertiary/aromatic N) is 2. The Morgan fingerprint density at radius 2 is 1.75 bits per heavy atom. The summed E-state index contributed by atoms with van der Waals surface area (Å²) in [5.74, 6) is -1.35. The number of benzene rings is 2. The molecule has 2 amide bonds. The summed E-state index contributed by atoms with van der Waals surface area (Å²) in [6.45, 7) is 2.64.